The lowest BCUT2D eigenvalue weighted by atomic mass is 10.1. The van der Waals surface area contributed by atoms with Gasteiger partial charge in [0.2, 0.25) is 5.91 Å². The molecule has 0 bridgehead atoms. The van der Waals surface area contributed by atoms with Gasteiger partial charge < -0.3 is 15.3 Å². The van der Waals surface area contributed by atoms with Crippen LogP contribution in [0, 0.1) is 5.82 Å². The van der Waals surface area contributed by atoms with E-state index in [0.29, 0.717) is 22.3 Å². The van der Waals surface area contributed by atoms with Crippen LogP contribution in [0.4, 0.5) is 10.1 Å². The molecule has 3 rings (SSSR count). The van der Waals surface area contributed by atoms with Crippen LogP contribution in [0.25, 0.3) is 11.0 Å². The number of amides is 1. The second-order valence-corrected chi connectivity index (χ2v) is 5.66. The molecule has 0 spiro atoms. The summed E-state index contributed by atoms with van der Waals surface area (Å²) in [5, 5.41) is 2.65. The molecule has 0 radical (unpaired) electrons. The average Bonchev–Trinajstić information content (AvgIpc) is 2.95. The Balaban J connectivity index is 1.75. The zero-order valence-corrected chi connectivity index (χ0v) is 13.5. The molecule has 6 nitrogen and oxygen atoms in total. The molecular weight excluding hydrogens is 325 g/mol. The number of hydrogen-bond donors (Lipinski definition) is 3. The van der Waals surface area contributed by atoms with Gasteiger partial charge in [-0.2, -0.15) is 0 Å². The lowest BCUT2D eigenvalue weighted by molar-refractivity contribution is -0.115. The first-order valence-corrected chi connectivity index (χ1v) is 7.80. The summed E-state index contributed by atoms with van der Waals surface area (Å²) in [5.74, 6) is -1.24. The molecule has 0 aliphatic heterocycles. The van der Waals surface area contributed by atoms with Crippen molar-refractivity contribution in [3.8, 4) is 0 Å². The Morgan fingerprint density at radius 2 is 1.84 bits per heavy atom. The Bertz CT molecular complexity index is 1020. The molecule has 0 aliphatic carbocycles. The lowest BCUT2D eigenvalue weighted by Crippen LogP contribution is -2.15. The number of ketones is 1. The maximum Gasteiger partial charge on any atom is 0.323 e. The zero-order valence-electron chi connectivity index (χ0n) is 13.5. The quantitative estimate of drug-likeness (QED) is 0.623. The minimum atomic E-state index is -0.605. The predicted octanol–water partition coefficient (Wildman–Crippen LogP) is 2.77. The highest BCUT2D eigenvalue weighted by atomic mass is 19.1. The van der Waals surface area contributed by atoms with Gasteiger partial charge >= 0.3 is 5.69 Å². The molecule has 3 aromatic rings. The second-order valence-electron chi connectivity index (χ2n) is 5.66. The van der Waals surface area contributed by atoms with Crippen molar-refractivity contribution >= 4 is 28.4 Å². The number of benzene rings is 2. The summed E-state index contributed by atoms with van der Waals surface area (Å²) in [6.07, 6.45) is 0.265. The first-order chi connectivity index (χ1) is 12.0. The van der Waals surface area contributed by atoms with Crippen molar-refractivity contribution in [2.24, 2.45) is 0 Å². The summed E-state index contributed by atoms with van der Waals surface area (Å²) in [7, 11) is 0. The smallest absolute Gasteiger partial charge is 0.323 e. The number of anilines is 1. The third-order valence-electron chi connectivity index (χ3n) is 3.82. The van der Waals surface area contributed by atoms with Crippen LogP contribution in [0.1, 0.15) is 29.3 Å². The second kappa shape index (κ2) is 6.72. The Labute approximate surface area is 142 Å². The van der Waals surface area contributed by atoms with E-state index in [4.69, 9.17) is 0 Å². The summed E-state index contributed by atoms with van der Waals surface area (Å²) < 4.78 is 13.7. The van der Waals surface area contributed by atoms with Crippen LogP contribution < -0.4 is 11.0 Å². The summed E-state index contributed by atoms with van der Waals surface area (Å²) in [6, 6.07) is 9.07. The zero-order chi connectivity index (χ0) is 18.0. The molecule has 1 amide bonds. The van der Waals surface area contributed by atoms with Crippen LogP contribution in [0.15, 0.2) is 41.2 Å². The van der Waals surface area contributed by atoms with Gasteiger partial charge in [-0.25, -0.2) is 9.18 Å². The fourth-order valence-electron chi connectivity index (χ4n) is 2.59. The van der Waals surface area contributed by atoms with Crippen molar-refractivity contribution in [2.45, 2.75) is 19.8 Å². The fourth-order valence-corrected chi connectivity index (χ4v) is 2.59. The van der Waals surface area contributed by atoms with Crippen LogP contribution in [-0.2, 0) is 11.2 Å². The monoisotopic (exact) mass is 341 g/mol. The van der Waals surface area contributed by atoms with E-state index < -0.39 is 5.82 Å². The van der Waals surface area contributed by atoms with Crippen molar-refractivity contribution in [3.63, 3.8) is 0 Å². The molecule has 128 valence electrons. The molecule has 0 saturated heterocycles. The van der Waals surface area contributed by atoms with E-state index in [1.165, 1.54) is 12.1 Å². The fraction of sp³-hybridized carbons (Fsp3) is 0.167. The van der Waals surface area contributed by atoms with Crippen molar-refractivity contribution in [1.82, 2.24) is 9.97 Å². The molecule has 1 aromatic heterocycles. The molecule has 0 unspecified atom stereocenters. The van der Waals surface area contributed by atoms with E-state index in [9.17, 15) is 18.8 Å². The van der Waals surface area contributed by atoms with Crippen molar-refractivity contribution in [1.29, 1.82) is 0 Å². The molecule has 7 heteroatoms. The average molecular weight is 341 g/mol. The van der Waals surface area contributed by atoms with Crippen LogP contribution in [0.3, 0.4) is 0 Å². The summed E-state index contributed by atoms with van der Waals surface area (Å²) in [5.41, 5.74) is 2.01. The van der Waals surface area contributed by atoms with E-state index in [1.54, 1.807) is 25.1 Å². The van der Waals surface area contributed by atoms with Crippen LogP contribution in [0.5, 0.6) is 0 Å². The van der Waals surface area contributed by atoms with Crippen LogP contribution in [0.2, 0.25) is 0 Å². The third-order valence-corrected chi connectivity index (χ3v) is 3.82. The number of aromatic amines is 2. The summed E-state index contributed by atoms with van der Waals surface area (Å²) >= 11 is 0. The Morgan fingerprint density at radius 3 is 2.60 bits per heavy atom. The number of imidazole rings is 1. The molecule has 25 heavy (non-hydrogen) atoms. The Kier molecular flexibility index (Phi) is 4.47. The van der Waals surface area contributed by atoms with Gasteiger partial charge in [-0.1, -0.05) is 13.0 Å². The van der Waals surface area contributed by atoms with E-state index in [1.807, 2.05) is 0 Å². The van der Waals surface area contributed by atoms with Crippen molar-refractivity contribution in [2.75, 3.05) is 5.32 Å². The molecule has 0 fully saturated rings. The minimum Gasteiger partial charge on any atom is -0.326 e. The van der Waals surface area contributed by atoms with Crippen LogP contribution >= 0.6 is 0 Å². The number of fused-ring (bicyclic) bond motifs is 1. The van der Waals surface area contributed by atoms with E-state index in [0.717, 1.165) is 6.07 Å². The van der Waals surface area contributed by atoms with E-state index in [2.05, 4.69) is 15.3 Å². The molecule has 3 N–H and O–H groups in total. The van der Waals surface area contributed by atoms with Gasteiger partial charge in [-0.05, 0) is 35.9 Å². The maximum atomic E-state index is 13.7. The highest BCUT2D eigenvalue weighted by Gasteiger charge is 2.12. The maximum absolute atomic E-state index is 13.7. The van der Waals surface area contributed by atoms with E-state index >= 15 is 0 Å². The third kappa shape index (κ3) is 3.65. The van der Waals surface area contributed by atoms with Gasteiger partial charge in [0, 0.05) is 12.1 Å². The lowest BCUT2D eigenvalue weighted by Gasteiger charge is -2.08. The van der Waals surface area contributed by atoms with Crippen molar-refractivity contribution in [3.05, 3.63) is 63.8 Å². The molecule has 2 aromatic carbocycles. The van der Waals surface area contributed by atoms with Gasteiger partial charge in [0.05, 0.1) is 23.0 Å². The molecule has 0 atom stereocenters. The number of Topliss-reactive ketones (excluding diaryl/α,β-unsaturated/α-hetero) is 1. The number of rotatable bonds is 5. The number of carbonyl (C=O) groups is 2. The predicted molar refractivity (Wildman–Crippen MR) is 92.3 cm³/mol. The number of halogens is 1. The molecule has 1 heterocycles. The number of H-pyrrole nitrogens is 2. The number of hydrogen-bond acceptors (Lipinski definition) is 3. The summed E-state index contributed by atoms with van der Waals surface area (Å²) in [4.78, 5) is 40.4. The van der Waals surface area contributed by atoms with Gasteiger partial charge in [-0.15, -0.1) is 0 Å². The summed E-state index contributed by atoms with van der Waals surface area (Å²) in [6.45, 7) is 1.65. The van der Waals surface area contributed by atoms with Gasteiger partial charge in [0.15, 0.2) is 5.78 Å². The standard InChI is InChI=1S/C18H16FN3O3/c1-2-16(23)12-9-11(4-5-13(12)19)20-17(24)8-10-3-6-14-15(7-10)22-18(25)21-14/h3-7,9H,2,8H2,1H3,(H,20,24)(H2,21,22,25). The van der Waals surface area contributed by atoms with Gasteiger partial charge in [-0.3, -0.25) is 9.59 Å². The van der Waals surface area contributed by atoms with Gasteiger partial charge in [0.25, 0.3) is 0 Å². The van der Waals surface area contributed by atoms with Crippen LogP contribution in [-0.4, -0.2) is 21.7 Å². The van der Waals surface area contributed by atoms with Gasteiger partial charge in [0.1, 0.15) is 5.82 Å². The molecular formula is C18H16FN3O3. The Morgan fingerprint density at radius 1 is 1.08 bits per heavy atom. The SMILES string of the molecule is CCC(=O)c1cc(NC(=O)Cc2ccc3[nH]c(=O)[nH]c3c2)ccc1F. The molecule has 0 aliphatic rings. The number of aromatic nitrogens is 2. The highest BCUT2D eigenvalue weighted by Crippen LogP contribution is 2.17. The Hall–Kier alpha value is -3.22. The number of carbonyl (C=O) groups excluding carboxylic acids is 2. The normalized spacial score (nSPS) is 10.8. The largest absolute Gasteiger partial charge is 0.326 e. The van der Waals surface area contributed by atoms with E-state index in [-0.39, 0.29) is 35.8 Å². The van der Waals surface area contributed by atoms with Crippen molar-refractivity contribution < 1.29 is 14.0 Å². The first kappa shape index (κ1) is 16.6. The topological polar surface area (TPSA) is 94.8 Å². The first-order valence-electron chi connectivity index (χ1n) is 7.80. The highest BCUT2D eigenvalue weighted by molar-refractivity contribution is 5.99. The minimum absolute atomic E-state index is 0.0355. The molecule has 0 saturated carbocycles. The number of nitrogens with one attached hydrogen (secondary N) is 3.